The number of hydrogen-bond donors (Lipinski definition) is 2. The first-order valence-electron chi connectivity index (χ1n) is 12.9. The fourth-order valence-electron chi connectivity index (χ4n) is 3.92. The zero-order chi connectivity index (χ0) is 28.3. The number of carbonyl (C=O) groups is 1. The van der Waals surface area contributed by atoms with E-state index in [-0.39, 0.29) is 5.69 Å². The number of imidazole rings is 1. The molecule has 0 saturated carbocycles. The van der Waals surface area contributed by atoms with Crippen molar-refractivity contribution in [3.05, 3.63) is 75.2 Å². The molecule has 0 fully saturated rings. The van der Waals surface area contributed by atoms with Crippen LogP contribution in [0, 0.1) is 0 Å². The Balaban J connectivity index is 0.000000231. The minimum absolute atomic E-state index is 0.00154. The van der Waals surface area contributed by atoms with Gasteiger partial charge in [0.15, 0.2) is 16.5 Å². The lowest BCUT2D eigenvalue weighted by atomic mass is 10.1. The predicted molar refractivity (Wildman–Crippen MR) is 149 cm³/mol. The Labute approximate surface area is 234 Å². The van der Waals surface area contributed by atoms with Crippen molar-refractivity contribution >= 4 is 34.6 Å². The molecule has 0 unspecified atom stereocenters. The number of nitrogens with zero attached hydrogens (tertiary/aromatic N) is 3. The maximum Gasteiger partial charge on any atom is 0.420 e. The normalized spacial score (nSPS) is 11.4. The van der Waals surface area contributed by atoms with E-state index in [1.54, 1.807) is 30.3 Å². The lowest BCUT2D eigenvalue weighted by Gasteiger charge is -2.10. The minimum atomic E-state index is -4.74. The second-order valence-corrected chi connectivity index (χ2v) is 10.4. The molecule has 1 aromatic carbocycles. The number of aromatic carboxylic acids is 1. The second kappa shape index (κ2) is 15.0. The van der Waals surface area contributed by atoms with E-state index in [4.69, 9.17) is 16.7 Å². The number of carboxylic acids is 1. The fraction of sp³-hybridized carbons (Fsp3) is 0.393. The molecule has 0 atom stereocenters. The average Bonchev–Trinajstić information content (AvgIpc) is 3.55. The van der Waals surface area contributed by atoms with Crippen LogP contribution in [0.5, 0.6) is 0 Å². The average molecular weight is 581 g/mol. The number of rotatable bonds is 12. The Bertz CT molecular complexity index is 1310. The Hall–Kier alpha value is -2.95. The first kappa shape index (κ1) is 30.6. The molecule has 11 heteroatoms. The fourth-order valence-corrected chi connectivity index (χ4v) is 4.84. The van der Waals surface area contributed by atoms with Gasteiger partial charge >= 0.3 is 12.1 Å². The van der Waals surface area contributed by atoms with Gasteiger partial charge in [0.2, 0.25) is 0 Å². The molecule has 0 aliphatic carbocycles. The first-order chi connectivity index (χ1) is 18.7. The number of fused-ring (bicyclic) bond motifs is 1. The SMILES string of the molecule is CCCCCCCCCNCc1cccs1.O=C(O)c1nc2c(C(F)(F)F)cc(-c3ccccc3)nn2c1Cl. The largest absolute Gasteiger partial charge is 0.476 e. The third-order valence-electron chi connectivity index (χ3n) is 5.94. The van der Waals surface area contributed by atoms with Gasteiger partial charge in [-0.25, -0.2) is 14.3 Å². The second-order valence-electron chi connectivity index (χ2n) is 8.98. The molecule has 3 heterocycles. The van der Waals surface area contributed by atoms with Crippen LogP contribution in [-0.2, 0) is 12.7 Å². The molecule has 6 nitrogen and oxygen atoms in total. The lowest BCUT2D eigenvalue weighted by molar-refractivity contribution is -0.136. The molecule has 4 aromatic rings. The first-order valence-corrected chi connectivity index (χ1v) is 14.2. The highest BCUT2D eigenvalue weighted by Gasteiger charge is 2.36. The summed E-state index contributed by atoms with van der Waals surface area (Å²) in [6.07, 6.45) is 5.02. The lowest BCUT2D eigenvalue weighted by Crippen LogP contribution is -2.13. The predicted octanol–water partition coefficient (Wildman–Crippen LogP) is 8.36. The summed E-state index contributed by atoms with van der Waals surface area (Å²) in [7, 11) is 0. The van der Waals surface area contributed by atoms with Gasteiger partial charge < -0.3 is 10.4 Å². The molecular formula is C28H32ClF3N4O2S. The molecule has 4 rings (SSSR count). The standard InChI is InChI=1S/C14H7ClF3N3O2.C14H25NS/c15-11-10(13(22)23)19-12-8(14(16,17)18)6-9(20-21(11)12)7-4-2-1-3-5-7;1-2-3-4-5-6-7-8-11-15-13-14-10-9-12-16-14/h1-6H,(H,22,23);9-10,12,15H,2-8,11,13H2,1H3. The van der Waals surface area contributed by atoms with Gasteiger partial charge in [0.1, 0.15) is 5.56 Å². The Kier molecular flexibility index (Phi) is 11.8. The summed E-state index contributed by atoms with van der Waals surface area (Å²) in [5.41, 5.74) is -2.02. The number of nitrogens with one attached hydrogen (secondary N) is 1. The van der Waals surface area contributed by atoms with Gasteiger partial charge in [-0.05, 0) is 30.5 Å². The number of hydrogen-bond acceptors (Lipinski definition) is 5. The van der Waals surface area contributed by atoms with E-state index < -0.39 is 34.2 Å². The Morgan fingerprint density at radius 3 is 2.36 bits per heavy atom. The van der Waals surface area contributed by atoms with Crippen molar-refractivity contribution in [3.8, 4) is 11.3 Å². The highest BCUT2D eigenvalue weighted by atomic mass is 35.5. The Morgan fingerprint density at radius 1 is 1.05 bits per heavy atom. The van der Waals surface area contributed by atoms with E-state index >= 15 is 0 Å². The van der Waals surface area contributed by atoms with E-state index in [1.165, 1.54) is 56.4 Å². The van der Waals surface area contributed by atoms with Crippen molar-refractivity contribution in [1.29, 1.82) is 0 Å². The summed E-state index contributed by atoms with van der Waals surface area (Å²) in [6.45, 7) is 4.49. The number of aromatic nitrogens is 3. The van der Waals surface area contributed by atoms with E-state index in [9.17, 15) is 18.0 Å². The van der Waals surface area contributed by atoms with Gasteiger partial charge in [-0.3, -0.25) is 0 Å². The third kappa shape index (κ3) is 9.05. The molecule has 0 radical (unpaired) electrons. The maximum absolute atomic E-state index is 13.3. The molecule has 0 aliphatic rings. The molecule has 0 spiro atoms. The van der Waals surface area contributed by atoms with Gasteiger partial charge in [0, 0.05) is 17.0 Å². The van der Waals surface area contributed by atoms with Crippen LogP contribution in [0.25, 0.3) is 16.9 Å². The Morgan fingerprint density at radius 2 is 1.74 bits per heavy atom. The van der Waals surface area contributed by atoms with Crippen LogP contribution in [0.1, 0.15) is 72.8 Å². The molecule has 2 N–H and O–H groups in total. The van der Waals surface area contributed by atoms with Gasteiger partial charge in [0.25, 0.3) is 0 Å². The van der Waals surface area contributed by atoms with Gasteiger partial charge in [0.05, 0.1) is 5.69 Å². The van der Waals surface area contributed by atoms with Crippen LogP contribution in [0.4, 0.5) is 13.2 Å². The molecule has 210 valence electrons. The highest BCUT2D eigenvalue weighted by Crippen LogP contribution is 2.35. The minimum Gasteiger partial charge on any atom is -0.476 e. The molecule has 0 amide bonds. The molecule has 0 saturated heterocycles. The quantitative estimate of drug-likeness (QED) is 0.165. The van der Waals surface area contributed by atoms with Crippen molar-refractivity contribution in [2.75, 3.05) is 6.54 Å². The number of unbranched alkanes of at least 4 members (excludes halogenated alkanes) is 6. The van der Waals surface area contributed by atoms with E-state index in [0.29, 0.717) is 10.1 Å². The summed E-state index contributed by atoms with van der Waals surface area (Å²) >= 11 is 7.66. The number of carboxylic acid groups (broad SMARTS) is 1. The molecule has 3 aromatic heterocycles. The summed E-state index contributed by atoms with van der Waals surface area (Å²) in [6, 6.07) is 13.3. The number of benzene rings is 1. The van der Waals surface area contributed by atoms with Crippen molar-refractivity contribution < 1.29 is 23.1 Å². The van der Waals surface area contributed by atoms with Crippen LogP contribution in [0.2, 0.25) is 5.15 Å². The number of alkyl halides is 3. The van der Waals surface area contributed by atoms with E-state index in [1.807, 2.05) is 11.3 Å². The van der Waals surface area contributed by atoms with Crippen molar-refractivity contribution in [1.82, 2.24) is 19.9 Å². The summed E-state index contributed by atoms with van der Waals surface area (Å²) in [5.74, 6) is -1.53. The smallest absolute Gasteiger partial charge is 0.420 e. The highest BCUT2D eigenvalue weighted by molar-refractivity contribution is 7.09. The van der Waals surface area contributed by atoms with Crippen molar-refractivity contribution in [2.24, 2.45) is 0 Å². The van der Waals surface area contributed by atoms with Crippen LogP contribution in [-0.4, -0.2) is 32.2 Å². The zero-order valence-electron chi connectivity index (χ0n) is 21.7. The zero-order valence-corrected chi connectivity index (χ0v) is 23.2. The van der Waals surface area contributed by atoms with Crippen LogP contribution in [0.3, 0.4) is 0 Å². The monoisotopic (exact) mass is 580 g/mol. The number of thiophene rings is 1. The topological polar surface area (TPSA) is 79.5 Å². The van der Waals surface area contributed by atoms with Gasteiger partial charge in [-0.2, -0.15) is 18.3 Å². The van der Waals surface area contributed by atoms with Crippen molar-refractivity contribution in [2.45, 2.75) is 64.6 Å². The van der Waals surface area contributed by atoms with Crippen molar-refractivity contribution in [3.63, 3.8) is 0 Å². The molecular weight excluding hydrogens is 549 g/mol. The summed E-state index contributed by atoms with van der Waals surface area (Å²) in [5, 5.41) is 18.1. The molecule has 0 bridgehead atoms. The summed E-state index contributed by atoms with van der Waals surface area (Å²) in [4.78, 5) is 15.9. The van der Waals surface area contributed by atoms with Crippen LogP contribution >= 0.6 is 22.9 Å². The van der Waals surface area contributed by atoms with Crippen LogP contribution in [0.15, 0.2) is 53.9 Å². The van der Waals surface area contributed by atoms with E-state index in [2.05, 4.69) is 39.8 Å². The molecule has 39 heavy (non-hydrogen) atoms. The van der Waals surface area contributed by atoms with E-state index in [0.717, 1.165) is 12.6 Å². The van der Waals surface area contributed by atoms with Crippen LogP contribution < -0.4 is 5.32 Å². The number of halogens is 4. The van der Waals surface area contributed by atoms with Gasteiger partial charge in [-0.15, -0.1) is 11.3 Å². The summed E-state index contributed by atoms with van der Waals surface area (Å²) < 4.78 is 40.5. The van der Waals surface area contributed by atoms with Gasteiger partial charge in [-0.1, -0.05) is 93.4 Å². The third-order valence-corrected chi connectivity index (χ3v) is 7.16. The maximum atomic E-state index is 13.3. The molecule has 0 aliphatic heterocycles.